The molecule has 0 unspecified atom stereocenters. The first-order valence-corrected chi connectivity index (χ1v) is 9.99. The molecule has 1 aromatic heterocycles. The summed E-state index contributed by atoms with van der Waals surface area (Å²) in [5, 5.41) is 10.6. The summed E-state index contributed by atoms with van der Waals surface area (Å²) in [6.07, 6.45) is 12.1. The SMILES string of the molecule is C1=CC2=CCCC(c3cccc(-c4noc(CN5CCOCC5)n4)c3)=CN2N=C1. The Bertz CT molecular complexity index is 998. The van der Waals surface area contributed by atoms with Crippen LogP contribution in [0.5, 0.6) is 0 Å². The monoisotopic (exact) mass is 389 g/mol. The Morgan fingerprint density at radius 3 is 2.93 bits per heavy atom. The molecule has 0 aliphatic carbocycles. The minimum Gasteiger partial charge on any atom is -0.379 e. The molecule has 7 heteroatoms. The summed E-state index contributed by atoms with van der Waals surface area (Å²) in [6, 6.07) is 8.32. The number of benzene rings is 1. The van der Waals surface area contributed by atoms with Crippen LogP contribution >= 0.6 is 0 Å². The van der Waals surface area contributed by atoms with Crippen LogP contribution in [0.15, 0.2) is 64.0 Å². The number of rotatable bonds is 4. The third-order valence-electron chi connectivity index (χ3n) is 5.28. The van der Waals surface area contributed by atoms with Crippen LogP contribution in [-0.4, -0.2) is 52.6 Å². The van der Waals surface area contributed by atoms with Crippen LogP contribution in [0.25, 0.3) is 17.0 Å². The molecular formula is C22H23N5O2. The number of fused-ring (bicyclic) bond motifs is 1. The highest BCUT2D eigenvalue weighted by atomic mass is 16.5. The van der Waals surface area contributed by atoms with E-state index in [0.717, 1.165) is 56.0 Å². The van der Waals surface area contributed by atoms with E-state index in [-0.39, 0.29) is 0 Å². The minimum absolute atomic E-state index is 0.627. The van der Waals surface area contributed by atoms with Gasteiger partial charge in [0, 0.05) is 31.1 Å². The Morgan fingerprint density at radius 1 is 1.10 bits per heavy atom. The maximum absolute atomic E-state index is 5.50. The molecule has 0 amide bonds. The molecule has 4 heterocycles. The van der Waals surface area contributed by atoms with E-state index in [4.69, 9.17) is 9.26 Å². The number of morpholine rings is 1. The number of hydrogen-bond donors (Lipinski definition) is 0. The molecule has 3 aliphatic rings. The second kappa shape index (κ2) is 8.14. The second-order valence-electron chi connectivity index (χ2n) is 7.27. The maximum Gasteiger partial charge on any atom is 0.241 e. The van der Waals surface area contributed by atoms with E-state index in [9.17, 15) is 0 Å². The summed E-state index contributed by atoms with van der Waals surface area (Å²) in [4.78, 5) is 6.88. The summed E-state index contributed by atoms with van der Waals surface area (Å²) in [5.74, 6) is 1.27. The van der Waals surface area contributed by atoms with Crippen molar-refractivity contribution in [1.82, 2.24) is 20.0 Å². The molecule has 3 aliphatic heterocycles. The molecule has 2 aromatic rings. The van der Waals surface area contributed by atoms with Gasteiger partial charge in [0.2, 0.25) is 11.7 Å². The molecule has 0 atom stereocenters. The van der Waals surface area contributed by atoms with Crippen molar-refractivity contribution in [2.75, 3.05) is 26.3 Å². The van der Waals surface area contributed by atoms with E-state index < -0.39 is 0 Å². The van der Waals surface area contributed by atoms with Crippen molar-refractivity contribution in [3.05, 3.63) is 65.8 Å². The van der Waals surface area contributed by atoms with Crippen molar-refractivity contribution in [1.29, 1.82) is 0 Å². The largest absolute Gasteiger partial charge is 0.379 e. The normalized spacial score (nSPS) is 19.5. The van der Waals surface area contributed by atoms with E-state index >= 15 is 0 Å². The Morgan fingerprint density at radius 2 is 2.00 bits per heavy atom. The fourth-order valence-electron chi connectivity index (χ4n) is 3.72. The van der Waals surface area contributed by atoms with Gasteiger partial charge >= 0.3 is 0 Å². The average molecular weight is 389 g/mol. The van der Waals surface area contributed by atoms with Gasteiger partial charge < -0.3 is 9.26 Å². The van der Waals surface area contributed by atoms with Gasteiger partial charge in [0.1, 0.15) is 0 Å². The predicted molar refractivity (Wildman–Crippen MR) is 111 cm³/mol. The molecule has 148 valence electrons. The minimum atomic E-state index is 0.627. The van der Waals surface area contributed by atoms with Crippen LogP contribution in [0.3, 0.4) is 0 Å². The van der Waals surface area contributed by atoms with Crippen LogP contribution in [0.2, 0.25) is 0 Å². The Labute approximate surface area is 169 Å². The summed E-state index contributed by atoms with van der Waals surface area (Å²) in [5.41, 5.74) is 4.47. The standard InChI is InChI=1S/C22H23N5O2/c1-4-17(19-6-2-7-20-8-3-9-23-27(20)15-19)14-18(5-1)22-24-21(29-25-22)16-26-10-12-28-13-11-26/h1,3-5,7-9,14-15H,2,6,10-13,16H2. The summed E-state index contributed by atoms with van der Waals surface area (Å²) >= 11 is 0. The fourth-order valence-corrected chi connectivity index (χ4v) is 3.72. The zero-order valence-corrected chi connectivity index (χ0v) is 16.2. The molecule has 29 heavy (non-hydrogen) atoms. The topological polar surface area (TPSA) is 67.0 Å². The molecule has 5 rings (SSSR count). The number of hydrazone groups is 1. The van der Waals surface area contributed by atoms with Crippen LogP contribution in [0.4, 0.5) is 0 Å². The van der Waals surface area contributed by atoms with Gasteiger partial charge in [-0.15, -0.1) is 0 Å². The third kappa shape index (κ3) is 4.06. The maximum atomic E-state index is 5.50. The van der Waals surface area contributed by atoms with E-state index in [2.05, 4.69) is 50.6 Å². The Balaban J connectivity index is 1.36. The van der Waals surface area contributed by atoms with Gasteiger partial charge in [0.25, 0.3) is 0 Å². The first kappa shape index (κ1) is 18.0. The third-order valence-corrected chi connectivity index (χ3v) is 5.28. The molecule has 1 saturated heterocycles. The van der Waals surface area contributed by atoms with Gasteiger partial charge in [0.15, 0.2) is 0 Å². The van der Waals surface area contributed by atoms with E-state index in [1.807, 2.05) is 29.4 Å². The van der Waals surface area contributed by atoms with Crippen LogP contribution in [-0.2, 0) is 11.3 Å². The van der Waals surface area contributed by atoms with Crippen molar-refractivity contribution in [3.8, 4) is 11.4 Å². The number of aromatic nitrogens is 2. The lowest BCUT2D eigenvalue weighted by Gasteiger charge is -2.24. The lowest BCUT2D eigenvalue weighted by molar-refractivity contribution is 0.0297. The molecule has 0 radical (unpaired) electrons. The molecule has 0 N–H and O–H groups in total. The second-order valence-corrected chi connectivity index (χ2v) is 7.27. The predicted octanol–water partition coefficient (Wildman–Crippen LogP) is 3.45. The zero-order valence-electron chi connectivity index (χ0n) is 16.2. The highest BCUT2D eigenvalue weighted by Gasteiger charge is 2.17. The number of ether oxygens (including phenoxy) is 1. The number of nitrogens with zero attached hydrogens (tertiary/aromatic N) is 5. The zero-order chi connectivity index (χ0) is 19.5. The van der Waals surface area contributed by atoms with Gasteiger partial charge in [-0.2, -0.15) is 10.1 Å². The van der Waals surface area contributed by atoms with Crippen LogP contribution in [0.1, 0.15) is 24.3 Å². The first-order valence-electron chi connectivity index (χ1n) is 9.99. The first-order chi connectivity index (χ1) is 14.3. The lowest BCUT2D eigenvalue weighted by atomic mass is 10.00. The Kier molecular flexibility index (Phi) is 5.06. The van der Waals surface area contributed by atoms with Crippen molar-refractivity contribution in [3.63, 3.8) is 0 Å². The summed E-state index contributed by atoms with van der Waals surface area (Å²) < 4.78 is 10.9. The molecule has 1 aromatic carbocycles. The van der Waals surface area contributed by atoms with Gasteiger partial charge in [-0.1, -0.05) is 29.4 Å². The fraction of sp³-hybridized carbons (Fsp3) is 0.318. The quantitative estimate of drug-likeness (QED) is 0.798. The van der Waals surface area contributed by atoms with Crippen molar-refractivity contribution in [2.24, 2.45) is 5.10 Å². The summed E-state index contributed by atoms with van der Waals surface area (Å²) in [7, 11) is 0. The van der Waals surface area contributed by atoms with Gasteiger partial charge in [-0.3, -0.25) is 4.90 Å². The van der Waals surface area contributed by atoms with Gasteiger partial charge in [0.05, 0.1) is 25.5 Å². The molecule has 1 fully saturated rings. The van der Waals surface area contributed by atoms with Gasteiger partial charge in [-0.25, -0.2) is 5.01 Å². The highest BCUT2D eigenvalue weighted by Crippen LogP contribution is 2.29. The van der Waals surface area contributed by atoms with Gasteiger partial charge in [-0.05, 0) is 42.2 Å². The van der Waals surface area contributed by atoms with E-state index in [1.165, 1.54) is 5.57 Å². The smallest absolute Gasteiger partial charge is 0.241 e. The van der Waals surface area contributed by atoms with Crippen molar-refractivity contribution in [2.45, 2.75) is 19.4 Å². The summed E-state index contributed by atoms with van der Waals surface area (Å²) in [6.45, 7) is 3.96. The Hall–Kier alpha value is -3.03. The van der Waals surface area contributed by atoms with Crippen molar-refractivity contribution >= 4 is 11.8 Å². The average Bonchev–Trinajstić information content (AvgIpc) is 3.12. The molecule has 7 nitrogen and oxygen atoms in total. The van der Waals surface area contributed by atoms with E-state index in [1.54, 1.807) is 0 Å². The molecule has 0 spiro atoms. The highest BCUT2D eigenvalue weighted by molar-refractivity contribution is 5.75. The molecule has 0 bridgehead atoms. The number of allylic oxidation sites excluding steroid dienone is 4. The van der Waals surface area contributed by atoms with Crippen molar-refractivity contribution < 1.29 is 9.26 Å². The molecule has 0 saturated carbocycles. The van der Waals surface area contributed by atoms with Crippen LogP contribution < -0.4 is 0 Å². The van der Waals surface area contributed by atoms with E-state index in [0.29, 0.717) is 18.3 Å². The molecular weight excluding hydrogens is 366 g/mol. The lowest BCUT2D eigenvalue weighted by Crippen LogP contribution is -2.35. The number of hydrogen-bond acceptors (Lipinski definition) is 7. The van der Waals surface area contributed by atoms with Crippen LogP contribution in [0, 0.1) is 0 Å².